The van der Waals surface area contributed by atoms with Crippen LogP contribution in [0.3, 0.4) is 0 Å². The van der Waals surface area contributed by atoms with Crippen LogP contribution in [0.2, 0.25) is 0 Å². The lowest BCUT2D eigenvalue weighted by atomic mass is 9.95. The van der Waals surface area contributed by atoms with Crippen LogP contribution >= 0.6 is 0 Å². The average molecular weight is 261 g/mol. The Balaban J connectivity index is 1.96. The number of β-amino-alcohol motifs (C(OH)–C–C–N with tert-alkyl or cyclic N) is 1. The summed E-state index contributed by atoms with van der Waals surface area (Å²) < 4.78 is 0. The lowest BCUT2D eigenvalue weighted by Gasteiger charge is -2.29. The molecule has 2 nitrogen and oxygen atoms in total. The summed E-state index contributed by atoms with van der Waals surface area (Å²) in [6, 6.07) is 4.44. The minimum Gasteiger partial charge on any atom is -0.391 e. The van der Waals surface area contributed by atoms with Gasteiger partial charge in [-0.1, -0.05) is 24.1 Å². The van der Waals surface area contributed by atoms with E-state index in [4.69, 9.17) is 0 Å². The number of piperidine rings is 1. The number of aliphatic hydroxyl groups excluding tert-OH is 1. The number of hydrogen-bond donors (Lipinski definition) is 1. The molecule has 1 aliphatic heterocycles. The van der Waals surface area contributed by atoms with Crippen molar-refractivity contribution >= 4 is 0 Å². The molecule has 1 atom stereocenters. The van der Waals surface area contributed by atoms with Crippen LogP contribution in [0.15, 0.2) is 12.1 Å². The van der Waals surface area contributed by atoms with E-state index in [1.54, 1.807) is 0 Å². The van der Waals surface area contributed by atoms with Gasteiger partial charge in [-0.05, 0) is 63.4 Å². The molecule has 0 radical (unpaired) electrons. The molecular weight excluding hydrogens is 234 g/mol. The van der Waals surface area contributed by atoms with Crippen molar-refractivity contribution in [2.75, 3.05) is 19.6 Å². The molecule has 0 saturated carbocycles. The summed E-state index contributed by atoms with van der Waals surface area (Å²) in [5.41, 5.74) is 5.27. The summed E-state index contributed by atoms with van der Waals surface area (Å²) in [4.78, 5) is 2.41. The van der Waals surface area contributed by atoms with Gasteiger partial charge in [-0.15, -0.1) is 0 Å². The minimum atomic E-state index is -0.238. The number of likely N-dealkylation sites (tertiary alicyclic amines) is 1. The van der Waals surface area contributed by atoms with Gasteiger partial charge >= 0.3 is 0 Å². The fraction of sp³-hybridized carbons (Fsp3) is 0.647. The molecule has 1 fully saturated rings. The number of aliphatic hydroxyl groups is 1. The second kappa shape index (κ2) is 6.53. The molecule has 1 aromatic rings. The SMILES string of the molecule is Cc1cc(C)c(C[C@H](O)CN2CCCCC2)c(C)c1. The van der Waals surface area contributed by atoms with E-state index < -0.39 is 0 Å². The highest BCUT2D eigenvalue weighted by Gasteiger charge is 2.16. The Bertz CT molecular complexity index is 398. The first-order chi connectivity index (χ1) is 9.06. The Morgan fingerprint density at radius 3 is 2.21 bits per heavy atom. The zero-order valence-electron chi connectivity index (χ0n) is 12.6. The van der Waals surface area contributed by atoms with Crippen molar-refractivity contribution in [2.45, 2.75) is 52.6 Å². The van der Waals surface area contributed by atoms with Crippen LogP contribution in [0.1, 0.15) is 41.5 Å². The zero-order chi connectivity index (χ0) is 13.8. The Kier molecular flexibility index (Phi) is 5.00. The van der Waals surface area contributed by atoms with E-state index in [1.165, 1.54) is 41.5 Å². The highest BCUT2D eigenvalue weighted by Crippen LogP contribution is 2.19. The quantitative estimate of drug-likeness (QED) is 0.900. The summed E-state index contributed by atoms with van der Waals surface area (Å²) in [6.07, 6.45) is 4.47. The van der Waals surface area contributed by atoms with E-state index in [2.05, 4.69) is 37.8 Å². The molecule has 106 valence electrons. The van der Waals surface area contributed by atoms with E-state index >= 15 is 0 Å². The predicted molar refractivity (Wildman–Crippen MR) is 80.7 cm³/mol. The molecule has 2 rings (SSSR count). The van der Waals surface area contributed by atoms with Gasteiger partial charge in [0, 0.05) is 13.0 Å². The monoisotopic (exact) mass is 261 g/mol. The Morgan fingerprint density at radius 2 is 1.63 bits per heavy atom. The molecule has 0 unspecified atom stereocenters. The van der Waals surface area contributed by atoms with Crippen molar-refractivity contribution < 1.29 is 5.11 Å². The molecule has 1 aliphatic rings. The van der Waals surface area contributed by atoms with Crippen molar-refractivity contribution in [1.29, 1.82) is 0 Å². The fourth-order valence-corrected chi connectivity index (χ4v) is 3.27. The highest BCUT2D eigenvalue weighted by atomic mass is 16.3. The van der Waals surface area contributed by atoms with Gasteiger partial charge in [0.2, 0.25) is 0 Å². The smallest absolute Gasteiger partial charge is 0.0707 e. The molecule has 1 heterocycles. The minimum absolute atomic E-state index is 0.238. The lowest BCUT2D eigenvalue weighted by Crippen LogP contribution is -2.37. The average Bonchev–Trinajstić information content (AvgIpc) is 2.35. The molecule has 0 aliphatic carbocycles. The molecule has 1 aromatic carbocycles. The van der Waals surface area contributed by atoms with E-state index in [1.807, 2.05) is 0 Å². The summed E-state index contributed by atoms with van der Waals surface area (Å²) >= 11 is 0. The van der Waals surface area contributed by atoms with Gasteiger partial charge in [0.1, 0.15) is 0 Å². The predicted octanol–water partition coefficient (Wildman–Crippen LogP) is 3.00. The Morgan fingerprint density at radius 1 is 1.05 bits per heavy atom. The zero-order valence-corrected chi connectivity index (χ0v) is 12.6. The van der Waals surface area contributed by atoms with Gasteiger partial charge in [0.05, 0.1) is 6.10 Å². The van der Waals surface area contributed by atoms with E-state index in [9.17, 15) is 5.11 Å². The maximum absolute atomic E-state index is 10.3. The number of benzene rings is 1. The molecule has 1 saturated heterocycles. The Hall–Kier alpha value is -0.860. The molecule has 19 heavy (non-hydrogen) atoms. The third kappa shape index (κ3) is 4.05. The van der Waals surface area contributed by atoms with Gasteiger partial charge in [0.15, 0.2) is 0 Å². The maximum Gasteiger partial charge on any atom is 0.0707 e. The number of rotatable bonds is 4. The topological polar surface area (TPSA) is 23.5 Å². The molecule has 1 N–H and O–H groups in total. The first-order valence-corrected chi connectivity index (χ1v) is 7.53. The molecule has 2 heteroatoms. The number of nitrogens with zero attached hydrogens (tertiary/aromatic N) is 1. The maximum atomic E-state index is 10.3. The molecule has 0 aromatic heterocycles. The van der Waals surface area contributed by atoms with Gasteiger partial charge < -0.3 is 10.0 Å². The fourth-order valence-electron chi connectivity index (χ4n) is 3.27. The number of hydrogen-bond acceptors (Lipinski definition) is 2. The summed E-state index contributed by atoms with van der Waals surface area (Å²) in [5, 5.41) is 10.3. The molecule has 0 amide bonds. The summed E-state index contributed by atoms with van der Waals surface area (Å²) in [7, 11) is 0. The van der Waals surface area contributed by atoms with Crippen molar-refractivity contribution in [3.8, 4) is 0 Å². The van der Waals surface area contributed by atoms with Crippen LogP contribution < -0.4 is 0 Å². The number of aryl methyl sites for hydroxylation is 3. The van der Waals surface area contributed by atoms with Crippen molar-refractivity contribution in [3.05, 3.63) is 34.4 Å². The molecule has 0 bridgehead atoms. The van der Waals surface area contributed by atoms with Crippen molar-refractivity contribution in [3.63, 3.8) is 0 Å². The van der Waals surface area contributed by atoms with Crippen LogP contribution in [0.4, 0.5) is 0 Å². The van der Waals surface area contributed by atoms with Crippen LogP contribution in [-0.2, 0) is 6.42 Å². The summed E-state index contributed by atoms with van der Waals surface area (Å²) in [6.45, 7) is 9.58. The van der Waals surface area contributed by atoms with Gasteiger partial charge in [-0.2, -0.15) is 0 Å². The standard InChI is InChI=1S/C17H27NO/c1-13-9-14(2)17(15(3)10-13)11-16(19)12-18-7-5-4-6-8-18/h9-10,16,19H,4-8,11-12H2,1-3H3/t16-/m0/s1. The van der Waals surface area contributed by atoms with Gasteiger partial charge in [0.25, 0.3) is 0 Å². The van der Waals surface area contributed by atoms with Crippen LogP contribution in [0.25, 0.3) is 0 Å². The highest BCUT2D eigenvalue weighted by molar-refractivity contribution is 5.37. The second-order valence-electron chi connectivity index (χ2n) is 6.10. The van der Waals surface area contributed by atoms with Gasteiger partial charge in [-0.25, -0.2) is 0 Å². The summed E-state index contributed by atoms with van der Waals surface area (Å²) in [5.74, 6) is 0. The first-order valence-electron chi connectivity index (χ1n) is 7.53. The first kappa shape index (κ1) is 14.5. The largest absolute Gasteiger partial charge is 0.391 e. The van der Waals surface area contributed by atoms with Crippen LogP contribution in [0.5, 0.6) is 0 Å². The van der Waals surface area contributed by atoms with Crippen molar-refractivity contribution in [1.82, 2.24) is 4.90 Å². The lowest BCUT2D eigenvalue weighted by molar-refractivity contribution is 0.101. The van der Waals surface area contributed by atoms with Crippen molar-refractivity contribution in [2.24, 2.45) is 0 Å². The molecule has 0 spiro atoms. The van der Waals surface area contributed by atoms with E-state index in [0.29, 0.717) is 0 Å². The van der Waals surface area contributed by atoms with Crippen LogP contribution in [-0.4, -0.2) is 35.7 Å². The van der Waals surface area contributed by atoms with E-state index in [0.717, 1.165) is 26.1 Å². The normalized spacial score (nSPS) is 18.5. The van der Waals surface area contributed by atoms with E-state index in [-0.39, 0.29) is 6.10 Å². The third-order valence-electron chi connectivity index (χ3n) is 4.20. The Labute approximate surface area is 117 Å². The third-order valence-corrected chi connectivity index (χ3v) is 4.20. The van der Waals surface area contributed by atoms with Gasteiger partial charge in [-0.3, -0.25) is 0 Å². The van der Waals surface area contributed by atoms with Crippen LogP contribution in [0, 0.1) is 20.8 Å². The second-order valence-corrected chi connectivity index (χ2v) is 6.10. The molecular formula is C17H27NO.